The van der Waals surface area contributed by atoms with Gasteiger partial charge in [0.05, 0.1) is 23.7 Å². The van der Waals surface area contributed by atoms with Crippen LogP contribution >= 0.6 is 11.3 Å². The van der Waals surface area contributed by atoms with Crippen molar-refractivity contribution in [2.24, 2.45) is 0 Å². The Hall–Kier alpha value is -3.06. The first-order valence-corrected chi connectivity index (χ1v) is 10.8. The van der Waals surface area contributed by atoms with Gasteiger partial charge in [0.2, 0.25) is 0 Å². The number of pyridine rings is 1. The molecule has 0 atom stereocenters. The number of carbonyl (C=O) groups excluding carboxylic acids is 1. The van der Waals surface area contributed by atoms with Gasteiger partial charge in [-0.15, -0.1) is 11.3 Å². The highest BCUT2D eigenvalue weighted by Crippen LogP contribution is 2.47. The Morgan fingerprint density at radius 1 is 1.27 bits per heavy atom. The van der Waals surface area contributed by atoms with Crippen LogP contribution in [0.1, 0.15) is 39.3 Å². The third-order valence-electron chi connectivity index (χ3n) is 5.77. The van der Waals surface area contributed by atoms with E-state index in [2.05, 4.69) is 21.5 Å². The van der Waals surface area contributed by atoms with Crippen molar-refractivity contribution in [1.82, 2.24) is 20.1 Å². The predicted octanol–water partition coefficient (Wildman–Crippen LogP) is 4.45. The van der Waals surface area contributed by atoms with E-state index < -0.39 is 0 Å². The van der Waals surface area contributed by atoms with E-state index in [0.29, 0.717) is 24.3 Å². The summed E-state index contributed by atoms with van der Waals surface area (Å²) in [5.41, 5.74) is 3.07. The van der Waals surface area contributed by atoms with Crippen LogP contribution in [0.25, 0.3) is 11.0 Å². The summed E-state index contributed by atoms with van der Waals surface area (Å²) in [6.45, 7) is 3.05. The molecule has 4 aromatic rings. The molecule has 1 aliphatic rings. The third-order valence-corrected chi connectivity index (χ3v) is 6.63. The monoisotopic (exact) mass is 420 g/mol. The van der Waals surface area contributed by atoms with E-state index in [0.717, 1.165) is 29.5 Å². The van der Waals surface area contributed by atoms with Crippen LogP contribution in [0, 0.1) is 12.7 Å². The number of aromatic nitrogens is 3. The lowest BCUT2D eigenvalue weighted by atomic mass is 9.95. The first kappa shape index (κ1) is 18.9. The molecule has 0 spiro atoms. The minimum atomic E-state index is -0.243. The fourth-order valence-electron chi connectivity index (χ4n) is 3.89. The Balaban J connectivity index is 1.38. The van der Waals surface area contributed by atoms with Crippen LogP contribution in [-0.4, -0.2) is 27.2 Å². The minimum absolute atomic E-state index is 0.0894. The number of hydrogen-bond acceptors (Lipinski definition) is 4. The van der Waals surface area contributed by atoms with Crippen LogP contribution < -0.4 is 5.32 Å². The van der Waals surface area contributed by atoms with Gasteiger partial charge in [0.1, 0.15) is 5.82 Å². The summed E-state index contributed by atoms with van der Waals surface area (Å²) in [6, 6.07) is 12.5. The number of fused-ring (bicyclic) bond motifs is 1. The van der Waals surface area contributed by atoms with Gasteiger partial charge in [0.25, 0.3) is 5.91 Å². The summed E-state index contributed by atoms with van der Waals surface area (Å²) in [5, 5.41) is 10.4. The normalized spacial score (nSPS) is 14.7. The minimum Gasteiger partial charge on any atom is -0.351 e. The summed E-state index contributed by atoms with van der Waals surface area (Å²) in [6.07, 6.45) is 3.70. The van der Waals surface area contributed by atoms with Crippen molar-refractivity contribution in [2.75, 3.05) is 6.54 Å². The molecule has 1 aromatic carbocycles. The topological polar surface area (TPSA) is 59.8 Å². The number of benzene rings is 1. The summed E-state index contributed by atoms with van der Waals surface area (Å²) >= 11 is 1.67. The molecular formula is C23H21FN4OS. The molecule has 1 N–H and O–H groups in total. The van der Waals surface area contributed by atoms with E-state index in [-0.39, 0.29) is 17.1 Å². The van der Waals surface area contributed by atoms with Crippen LogP contribution in [0.3, 0.4) is 0 Å². The Labute approximate surface area is 177 Å². The van der Waals surface area contributed by atoms with Crippen molar-refractivity contribution in [1.29, 1.82) is 0 Å². The third kappa shape index (κ3) is 3.50. The van der Waals surface area contributed by atoms with E-state index in [4.69, 9.17) is 0 Å². The second-order valence-electron chi connectivity index (χ2n) is 7.90. The maximum absolute atomic E-state index is 13.3. The van der Waals surface area contributed by atoms with Crippen molar-refractivity contribution >= 4 is 28.3 Å². The smallest absolute Gasteiger partial charge is 0.252 e. The van der Waals surface area contributed by atoms with Gasteiger partial charge in [-0.25, -0.2) is 14.1 Å². The van der Waals surface area contributed by atoms with E-state index in [1.807, 2.05) is 41.3 Å². The predicted molar refractivity (Wildman–Crippen MR) is 115 cm³/mol. The molecule has 1 saturated carbocycles. The Kier molecular flexibility index (Phi) is 4.62. The summed E-state index contributed by atoms with van der Waals surface area (Å²) in [5.74, 6) is -0.373. The first-order chi connectivity index (χ1) is 14.5. The lowest BCUT2D eigenvalue weighted by Crippen LogP contribution is -2.32. The van der Waals surface area contributed by atoms with Crippen LogP contribution in [0.4, 0.5) is 4.39 Å². The van der Waals surface area contributed by atoms with E-state index in [1.54, 1.807) is 17.5 Å². The van der Waals surface area contributed by atoms with Gasteiger partial charge in [-0.2, -0.15) is 5.10 Å². The lowest BCUT2D eigenvalue weighted by Gasteiger charge is -2.17. The van der Waals surface area contributed by atoms with Gasteiger partial charge in [0, 0.05) is 22.5 Å². The number of halogens is 1. The number of rotatable bonds is 6. The van der Waals surface area contributed by atoms with E-state index in [9.17, 15) is 9.18 Å². The number of thiophene rings is 1. The van der Waals surface area contributed by atoms with Gasteiger partial charge in [0.15, 0.2) is 5.65 Å². The van der Waals surface area contributed by atoms with Gasteiger partial charge < -0.3 is 5.32 Å². The van der Waals surface area contributed by atoms with Crippen molar-refractivity contribution in [3.8, 4) is 0 Å². The largest absolute Gasteiger partial charge is 0.351 e. The fraction of sp³-hybridized carbons (Fsp3) is 0.261. The van der Waals surface area contributed by atoms with Crippen molar-refractivity contribution < 1.29 is 9.18 Å². The van der Waals surface area contributed by atoms with Crippen LogP contribution in [-0.2, 0) is 12.0 Å². The second-order valence-corrected chi connectivity index (χ2v) is 8.93. The molecule has 0 aliphatic heterocycles. The van der Waals surface area contributed by atoms with Crippen LogP contribution in [0.5, 0.6) is 0 Å². The SMILES string of the molecule is Cc1cc(C(=O)NCC2(c3ccc(F)cc3)CC2)c2cnn(Cc3cccs3)c2n1. The molecule has 7 heteroatoms. The van der Waals surface area contributed by atoms with Crippen molar-refractivity contribution in [3.05, 3.63) is 81.6 Å². The Morgan fingerprint density at radius 3 is 2.77 bits per heavy atom. The maximum Gasteiger partial charge on any atom is 0.252 e. The summed E-state index contributed by atoms with van der Waals surface area (Å²) < 4.78 is 15.1. The van der Waals surface area contributed by atoms with Crippen LogP contribution in [0.2, 0.25) is 0 Å². The molecule has 1 fully saturated rings. The van der Waals surface area contributed by atoms with E-state index in [1.165, 1.54) is 17.0 Å². The number of hydrogen-bond donors (Lipinski definition) is 1. The molecule has 0 unspecified atom stereocenters. The molecular weight excluding hydrogens is 399 g/mol. The number of amides is 1. The highest BCUT2D eigenvalue weighted by molar-refractivity contribution is 7.09. The molecule has 3 heterocycles. The van der Waals surface area contributed by atoms with Crippen molar-refractivity contribution in [3.63, 3.8) is 0 Å². The number of nitrogens with zero attached hydrogens (tertiary/aromatic N) is 3. The zero-order valence-corrected chi connectivity index (χ0v) is 17.4. The Bertz CT molecular complexity index is 1210. The van der Waals surface area contributed by atoms with E-state index >= 15 is 0 Å². The first-order valence-electron chi connectivity index (χ1n) is 9.94. The Morgan fingerprint density at radius 2 is 2.07 bits per heavy atom. The average Bonchev–Trinajstić information content (AvgIpc) is 3.15. The standard InChI is InChI=1S/C23H21FN4OS/c1-15-11-19(20-12-26-28(21(20)27-15)13-18-3-2-10-30-18)22(29)25-14-23(8-9-23)16-4-6-17(24)7-5-16/h2-7,10-12H,8-9,13-14H2,1H3,(H,25,29). The molecule has 0 bridgehead atoms. The van der Waals surface area contributed by atoms with Crippen LogP contribution in [0.15, 0.2) is 54.0 Å². The average molecular weight is 421 g/mol. The highest BCUT2D eigenvalue weighted by atomic mass is 32.1. The van der Waals surface area contributed by atoms with Gasteiger partial charge >= 0.3 is 0 Å². The molecule has 5 rings (SSSR count). The number of carbonyl (C=O) groups is 1. The fourth-order valence-corrected chi connectivity index (χ4v) is 4.58. The molecule has 0 radical (unpaired) electrons. The zero-order valence-electron chi connectivity index (χ0n) is 16.6. The van der Waals surface area contributed by atoms with Gasteiger partial charge in [-0.1, -0.05) is 18.2 Å². The molecule has 1 aliphatic carbocycles. The molecule has 3 aromatic heterocycles. The van der Waals surface area contributed by atoms with Crippen molar-refractivity contribution in [2.45, 2.75) is 31.7 Å². The summed E-state index contributed by atoms with van der Waals surface area (Å²) in [4.78, 5) is 18.9. The summed E-state index contributed by atoms with van der Waals surface area (Å²) in [7, 11) is 0. The second kappa shape index (κ2) is 7.32. The zero-order chi connectivity index (χ0) is 20.7. The number of aryl methyl sites for hydroxylation is 1. The van der Waals surface area contributed by atoms with Gasteiger partial charge in [-0.05, 0) is 55.0 Å². The molecule has 152 valence electrons. The number of nitrogens with one attached hydrogen (secondary N) is 1. The molecule has 30 heavy (non-hydrogen) atoms. The quantitative estimate of drug-likeness (QED) is 0.501. The lowest BCUT2D eigenvalue weighted by molar-refractivity contribution is 0.0951. The van der Waals surface area contributed by atoms with Gasteiger partial charge in [-0.3, -0.25) is 4.79 Å². The molecule has 5 nitrogen and oxygen atoms in total. The molecule has 0 saturated heterocycles. The molecule has 1 amide bonds. The maximum atomic E-state index is 13.3. The highest BCUT2D eigenvalue weighted by Gasteiger charge is 2.44.